The van der Waals surface area contributed by atoms with E-state index in [2.05, 4.69) is 13.8 Å². The Morgan fingerprint density at radius 2 is 0.786 bits per heavy atom. The van der Waals surface area contributed by atoms with Gasteiger partial charge >= 0.3 is 11.9 Å². The number of carbonyl (C=O) groups excluding carboxylic acids is 2. The third-order valence-corrected chi connectivity index (χ3v) is 12.0. The summed E-state index contributed by atoms with van der Waals surface area (Å²) in [5.41, 5.74) is 1.64. The van der Waals surface area contributed by atoms with E-state index in [1.165, 1.54) is 148 Å². The minimum atomic E-state index is -4.95. The molecule has 0 aliphatic carbocycles. The van der Waals surface area contributed by atoms with Crippen molar-refractivity contribution in [2.24, 2.45) is 0 Å². The largest absolute Gasteiger partial charge is 0.426 e. The lowest BCUT2D eigenvalue weighted by atomic mass is 10.0. The van der Waals surface area contributed by atoms with E-state index in [0.29, 0.717) is 12.2 Å². The molecule has 1 atom stereocenters. The lowest BCUT2D eigenvalue weighted by Crippen LogP contribution is -2.36. The second kappa shape index (κ2) is 32.3. The summed E-state index contributed by atoms with van der Waals surface area (Å²) in [6.45, 7) is 4.51. The molecular formula is C48H78O7S. The first-order chi connectivity index (χ1) is 27.3. The van der Waals surface area contributed by atoms with E-state index in [0.717, 1.165) is 49.7 Å². The highest BCUT2D eigenvalue weighted by molar-refractivity contribution is 7.87. The van der Waals surface area contributed by atoms with E-state index in [-0.39, 0.29) is 5.75 Å². The Kier molecular flexibility index (Phi) is 28.5. The summed E-state index contributed by atoms with van der Waals surface area (Å²) in [6, 6.07) is 14.2. The van der Waals surface area contributed by atoms with Gasteiger partial charge in [0.05, 0.1) is 6.42 Å². The number of rotatable bonds is 36. The molecule has 318 valence electrons. The maximum atomic E-state index is 13.2. The Labute approximate surface area is 342 Å². The minimum Gasteiger partial charge on any atom is -0.426 e. The van der Waals surface area contributed by atoms with Gasteiger partial charge in [0.1, 0.15) is 11.5 Å². The maximum Gasteiger partial charge on any atom is 0.332 e. The number of para-hydroxylation sites is 2. The van der Waals surface area contributed by atoms with Gasteiger partial charge in [-0.3, -0.25) is 14.1 Å². The fourth-order valence-electron chi connectivity index (χ4n) is 7.44. The van der Waals surface area contributed by atoms with Gasteiger partial charge in [-0.2, -0.15) is 8.42 Å². The van der Waals surface area contributed by atoms with E-state index >= 15 is 0 Å². The van der Waals surface area contributed by atoms with Crippen molar-refractivity contribution in [2.75, 3.05) is 0 Å². The van der Waals surface area contributed by atoms with Crippen molar-refractivity contribution < 1.29 is 32.0 Å². The lowest BCUT2D eigenvalue weighted by Gasteiger charge is -2.16. The van der Waals surface area contributed by atoms with Gasteiger partial charge in [0.2, 0.25) is 0 Å². The van der Waals surface area contributed by atoms with Crippen LogP contribution in [-0.2, 0) is 32.5 Å². The Hall–Kier alpha value is -2.71. The van der Waals surface area contributed by atoms with Crippen LogP contribution in [0.3, 0.4) is 0 Å². The van der Waals surface area contributed by atoms with E-state index < -0.39 is 33.7 Å². The summed E-state index contributed by atoms with van der Waals surface area (Å²) in [5, 5.41) is -2.10. The molecule has 2 aromatic rings. The molecule has 0 aromatic heterocycles. The smallest absolute Gasteiger partial charge is 0.332 e. The normalized spacial score (nSPS) is 12.1. The van der Waals surface area contributed by atoms with Crippen molar-refractivity contribution in [3.05, 3.63) is 59.7 Å². The molecule has 0 fully saturated rings. The molecule has 2 rings (SSSR count). The first-order valence-electron chi connectivity index (χ1n) is 22.8. The van der Waals surface area contributed by atoms with Gasteiger partial charge in [-0.1, -0.05) is 217 Å². The van der Waals surface area contributed by atoms with Crippen LogP contribution in [0.15, 0.2) is 48.5 Å². The van der Waals surface area contributed by atoms with Crippen LogP contribution in [0.1, 0.15) is 211 Å². The van der Waals surface area contributed by atoms with Crippen molar-refractivity contribution in [3.63, 3.8) is 0 Å². The zero-order valence-electron chi connectivity index (χ0n) is 35.4. The Bertz CT molecular complexity index is 1410. The van der Waals surface area contributed by atoms with Gasteiger partial charge < -0.3 is 9.47 Å². The highest BCUT2D eigenvalue weighted by Gasteiger charge is 2.36. The number of hydrogen-bond donors (Lipinski definition) is 1. The highest BCUT2D eigenvalue weighted by Crippen LogP contribution is 2.25. The highest BCUT2D eigenvalue weighted by atomic mass is 32.2. The zero-order valence-corrected chi connectivity index (χ0v) is 36.2. The summed E-state index contributed by atoms with van der Waals surface area (Å²) in [5.74, 6) is -1.54. The molecule has 8 heteroatoms. The first-order valence-corrected chi connectivity index (χ1v) is 24.3. The van der Waals surface area contributed by atoms with E-state index in [4.69, 9.17) is 9.47 Å². The zero-order chi connectivity index (χ0) is 40.5. The minimum absolute atomic E-state index is 0.243. The van der Waals surface area contributed by atoms with E-state index in [1.54, 1.807) is 24.3 Å². The van der Waals surface area contributed by atoms with Crippen LogP contribution in [0.5, 0.6) is 11.5 Å². The molecule has 1 unspecified atom stereocenters. The molecule has 0 saturated carbocycles. The molecule has 56 heavy (non-hydrogen) atoms. The molecule has 1 N–H and O–H groups in total. The summed E-state index contributed by atoms with van der Waals surface area (Å²) in [6.07, 6.45) is 36.1. The van der Waals surface area contributed by atoms with Crippen LogP contribution in [0, 0.1) is 0 Å². The Morgan fingerprint density at radius 3 is 1.12 bits per heavy atom. The third kappa shape index (κ3) is 24.1. The fourth-order valence-corrected chi connectivity index (χ4v) is 8.08. The predicted octanol–water partition coefficient (Wildman–Crippen LogP) is 13.9. The molecule has 0 saturated heterocycles. The summed E-state index contributed by atoms with van der Waals surface area (Å²) in [7, 11) is -4.95. The van der Waals surface area contributed by atoms with E-state index in [1.807, 2.05) is 24.3 Å². The molecule has 2 aromatic carbocycles. The number of hydrogen-bond acceptors (Lipinski definition) is 6. The van der Waals surface area contributed by atoms with Crippen LogP contribution in [0.25, 0.3) is 0 Å². The van der Waals surface area contributed by atoms with Crippen LogP contribution in [-0.4, -0.2) is 30.2 Å². The SMILES string of the molecule is CCCCCCCCCCCCCCCCc1ccccc1OC(=O)CC(C(=O)Oc1ccccc1CCCCCCCCCCCCCCCC)S(=O)(=O)O. The monoisotopic (exact) mass is 799 g/mol. The molecular weight excluding hydrogens is 721 g/mol. The average molecular weight is 799 g/mol. The van der Waals surface area contributed by atoms with Gasteiger partial charge in [0, 0.05) is 0 Å². The van der Waals surface area contributed by atoms with Crippen molar-refractivity contribution in [1.82, 2.24) is 0 Å². The number of carbonyl (C=O) groups is 2. The second-order valence-corrected chi connectivity index (χ2v) is 17.6. The number of esters is 2. The Morgan fingerprint density at radius 1 is 0.482 bits per heavy atom. The molecule has 0 aliphatic rings. The third-order valence-electron chi connectivity index (χ3n) is 11.0. The van der Waals surface area contributed by atoms with Gasteiger partial charge in [0.15, 0.2) is 5.25 Å². The molecule has 0 spiro atoms. The first kappa shape index (κ1) is 49.4. The quantitative estimate of drug-likeness (QED) is 0.0316. The fraction of sp³-hybridized carbons (Fsp3) is 0.708. The van der Waals surface area contributed by atoms with Gasteiger partial charge in [0.25, 0.3) is 10.1 Å². The maximum absolute atomic E-state index is 13.2. The summed E-state index contributed by atoms with van der Waals surface area (Å²) < 4.78 is 45.7. The van der Waals surface area contributed by atoms with Crippen LogP contribution < -0.4 is 9.47 Å². The number of ether oxygens (including phenoxy) is 2. The molecule has 0 radical (unpaired) electrons. The van der Waals surface area contributed by atoms with Crippen LogP contribution >= 0.6 is 0 Å². The van der Waals surface area contributed by atoms with Crippen molar-refractivity contribution in [3.8, 4) is 11.5 Å². The molecule has 0 amide bonds. The summed E-state index contributed by atoms with van der Waals surface area (Å²) in [4.78, 5) is 26.2. The predicted molar refractivity (Wildman–Crippen MR) is 232 cm³/mol. The van der Waals surface area contributed by atoms with Crippen LogP contribution in [0.2, 0.25) is 0 Å². The van der Waals surface area contributed by atoms with Crippen molar-refractivity contribution in [2.45, 2.75) is 218 Å². The van der Waals surface area contributed by atoms with Gasteiger partial charge in [-0.15, -0.1) is 0 Å². The molecule has 0 heterocycles. The number of aryl methyl sites for hydroxylation is 2. The number of unbranched alkanes of at least 4 members (excludes halogenated alkanes) is 26. The van der Waals surface area contributed by atoms with E-state index in [9.17, 15) is 22.6 Å². The van der Waals surface area contributed by atoms with Gasteiger partial charge in [-0.05, 0) is 48.9 Å². The van der Waals surface area contributed by atoms with Crippen molar-refractivity contribution in [1.29, 1.82) is 0 Å². The van der Waals surface area contributed by atoms with Crippen LogP contribution in [0.4, 0.5) is 0 Å². The Balaban J connectivity index is 1.72. The standard InChI is InChI=1S/C48H78O7S/c1-3-5-7-9-11-13-15-17-19-21-23-25-27-29-35-42-37-31-33-39-44(42)54-47(49)41-46(56(51,52)53)48(50)55-45-40-34-32-38-43(45)36-30-28-26-24-22-20-18-16-14-12-10-8-6-4-2/h31-34,37-40,46H,3-30,35-36,41H2,1-2H3,(H,51,52,53). The lowest BCUT2D eigenvalue weighted by molar-refractivity contribution is -0.140. The van der Waals surface area contributed by atoms with Crippen molar-refractivity contribution >= 4 is 22.1 Å². The second-order valence-electron chi connectivity index (χ2n) is 16.0. The molecule has 0 aliphatic heterocycles. The molecule has 0 bridgehead atoms. The van der Waals surface area contributed by atoms with Gasteiger partial charge in [-0.25, -0.2) is 0 Å². The topological polar surface area (TPSA) is 107 Å². The average Bonchev–Trinajstić information content (AvgIpc) is 3.18. The summed E-state index contributed by atoms with van der Waals surface area (Å²) >= 11 is 0. The molecule has 7 nitrogen and oxygen atoms in total. The number of benzene rings is 2.